The van der Waals surface area contributed by atoms with Crippen molar-refractivity contribution in [2.75, 3.05) is 0 Å². The molecule has 0 heterocycles. The molecule has 0 aromatic carbocycles. The maximum absolute atomic E-state index is 11.4. The predicted molar refractivity (Wildman–Crippen MR) is 77.2 cm³/mol. The van der Waals surface area contributed by atoms with Crippen LogP contribution in [0.25, 0.3) is 0 Å². The van der Waals surface area contributed by atoms with Gasteiger partial charge < -0.3 is 10.2 Å². The zero-order valence-electron chi connectivity index (χ0n) is 12.5. The fourth-order valence-corrected chi connectivity index (χ4v) is 5.07. The lowest BCUT2D eigenvalue weighted by molar-refractivity contribution is -0.143. The fourth-order valence-electron chi connectivity index (χ4n) is 5.07. The standard InChI is InChI=1S/C17H26O3/c1-16(2,12-4-3-5-13(18)8-12)17-7-6-11(9-17)14(10-17)15(19)20/h6-7,11-14,18H,3-5,8-10H2,1-2H3,(H,19,20). The monoisotopic (exact) mass is 278 g/mol. The van der Waals surface area contributed by atoms with Gasteiger partial charge in [0.25, 0.3) is 0 Å². The Labute approximate surface area is 121 Å². The first-order chi connectivity index (χ1) is 9.36. The third kappa shape index (κ3) is 1.93. The molecule has 0 aliphatic heterocycles. The Bertz CT molecular complexity index is 440. The van der Waals surface area contributed by atoms with E-state index in [-0.39, 0.29) is 28.8 Å². The van der Waals surface area contributed by atoms with Gasteiger partial charge in [0.15, 0.2) is 0 Å². The molecule has 0 amide bonds. The van der Waals surface area contributed by atoms with E-state index in [0.717, 1.165) is 32.1 Å². The van der Waals surface area contributed by atoms with Crippen molar-refractivity contribution in [3.05, 3.63) is 12.2 Å². The van der Waals surface area contributed by atoms with E-state index in [2.05, 4.69) is 26.0 Å². The fraction of sp³-hybridized carbons (Fsp3) is 0.824. The number of carbonyl (C=O) groups is 1. The molecule has 20 heavy (non-hydrogen) atoms. The molecular weight excluding hydrogens is 252 g/mol. The van der Waals surface area contributed by atoms with Crippen LogP contribution in [0.3, 0.4) is 0 Å². The molecule has 3 aliphatic carbocycles. The Balaban J connectivity index is 1.84. The van der Waals surface area contributed by atoms with Crippen molar-refractivity contribution in [1.29, 1.82) is 0 Å². The molecule has 2 fully saturated rings. The third-order valence-electron chi connectivity index (χ3n) is 6.63. The molecule has 0 aromatic rings. The van der Waals surface area contributed by atoms with Crippen molar-refractivity contribution in [1.82, 2.24) is 0 Å². The topological polar surface area (TPSA) is 57.5 Å². The largest absolute Gasteiger partial charge is 0.481 e. The molecule has 3 nitrogen and oxygen atoms in total. The van der Waals surface area contributed by atoms with Crippen LogP contribution in [0.4, 0.5) is 0 Å². The molecule has 112 valence electrons. The molecule has 5 unspecified atom stereocenters. The lowest BCUT2D eigenvalue weighted by atomic mass is 9.55. The van der Waals surface area contributed by atoms with Crippen LogP contribution < -0.4 is 0 Å². The van der Waals surface area contributed by atoms with Gasteiger partial charge in [0.05, 0.1) is 12.0 Å². The van der Waals surface area contributed by atoms with Gasteiger partial charge in [0, 0.05) is 0 Å². The Morgan fingerprint density at radius 1 is 1.30 bits per heavy atom. The second kappa shape index (κ2) is 4.59. The lowest BCUT2D eigenvalue weighted by Gasteiger charge is -2.49. The summed E-state index contributed by atoms with van der Waals surface area (Å²) in [6, 6.07) is 0. The smallest absolute Gasteiger partial charge is 0.307 e. The molecule has 3 rings (SSSR count). The molecular formula is C17H26O3. The number of aliphatic hydroxyl groups excluding tert-OH is 1. The third-order valence-corrected chi connectivity index (χ3v) is 6.63. The van der Waals surface area contributed by atoms with Crippen LogP contribution >= 0.6 is 0 Å². The molecule has 2 bridgehead atoms. The summed E-state index contributed by atoms with van der Waals surface area (Å²) >= 11 is 0. The lowest BCUT2D eigenvalue weighted by Crippen LogP contribution is -2.43. The first-order valence-corrected chi connectivity index (χ1v) is 7.96. The minimum atomic E-state index is -0.638. The van der Waals surface area contributed by atoms with Crippen molar-refractivity contribution >= 4 is 5.97 Å². The second-order valence-corrected chi connectivity index (χ2v) is 7.77. The van der Waals surface area contributed by atoms with Gasteiger partial charge >= 0.3 is 5.97 Å². The Morgan fingerprint density at radius 2 is 2.05 bits per heavy atom. The Morgan fingerprint density at radius 3 is 2.65 bits per heavy atom. The number of carboxylic acids is 1. The molecule has 0 spiro atoms. The van der Waals surface area contributed by atoms with Gasteiger partial charge in [0.2, 0.25) is 0 Å². The van der Waals surface area contributed by atoms with E-state index in [1.807, 2.05) is 0 Å². The van der Waals surface area contributed by atoms with Gasteiger partial charge in [-0.25, -0.2) is 0 Å². The molecule has 0 saturated heterocycles. The summed E-state index contributed by atoms with van der Waals surface area (Å²) in [4.78, 5) is 11.4. The number of carboxylic acid groups (broad SMARTS) is 1. The van der Waals surface area contributed by atoms with Crippen LogP contribution in [0.2, 0.25) is 0 Å². The molecule has 5 atom stereocenters. The predicted octanol–water partition coefficient (Wildman–Crippen LogP) is 3.23. The number of hydrogen-bond donors (Lipinski definition) is 2. The van der Waals surface area contributed by atoms with Gasteiger partial charge in [-0.15, -0.1) is 0 Å². The van der Waals surface area contributed by atoms with Crippen LogP contribution in [0.1, 0.15) is 52.4 Å². The maximum atomic E-state index is 11.4. The average Bonchev–Trinajstić information content (AvgIpc) is 2.98. The van der Waals surface area contributed by atoms with Crippen LogP contribution in [0, 0.1) is 28.6 Å². The van der Waals surface area contributed by atoms with E-state index < -0.39 is 5.97 Å². The SMILES string of the molecule is CC(C)(C1CCCC(O)C1)C12C=CC(C1)C(C(=O)O)C2. The quantitative estimate of drug-likeness (QED) is 0.779. The Hall–Kier alpha value is -0.830. The number of aliphatic hydroxyl groups is 1. The zero-order chi connectivity index (χ0) is 14.5. The molecule has 2 saturated carbocycles. The van der Waals surface area contributed by atoms with Crippen molar-refractivity contribution in [3.63, 3.8) is 0 Å². The highest BCUT2D eigenvalue weighted by Crippen LogP contribution is 2.64. The molecule has 0 radical (unpaired) electrons. The van der Waals surface area contributed by atoms with Crippen molar-refractivity contribution in [2.24, 2.45) is 28.6 Å². The first kappa shape index (κ1) is 14.1. The summed E-state index contributed by atoms with van der Waals surface area (Å²) in [7, 11) is 0. The van der Waals surface area contributed by atoms with Crippen molar-refractivity contribution in [3.8, 4) is 0 Å². The summed E-state index contributed by atoms with van der Waals surface area (Å²) in [5, 5.41) is 19.4. The van der Waals surface area contributed by atoms with E-state index in [1.54, 1.807) is 0 Å². The highest BCUT2D eigenvalue weighted by Gasteiger charge is 2.58. The van der Waals surface area contributed by atoms with E-state index >= 15 is 0 Å². The minimum absolute atomic E-state index is 0.0302. The summed E-state index contributed by atoms with van der Waals surface area (Å²) in [5.41, 5.74) is 0.103. The number of rotatable bonds is 3. The maximum Gasteiger partial charge on any atom is 0.307 e. The number of aliphatic carboxylic acids is 1. The van der Waals surface area contributed by atoms with Crippen LogP contribution in [0.15, 0.2) is 12.2 Å². The zero-order valence-corrected chi connectivity index (χ0v) is 12.5. The minimum Gasteiger partial charge on any atom is -0.481 e. The molecule has 3 aliphatic rings. The summed E-state index contributed by atoms with van der Waals surface area (Å²) in [6.07, 6.45) is 10.1. The number of hydrogen-bond acceptors (Lipinski definition) is 2. The Kier molecular flexibility index (Phi) is 3.24. The van der Waals surface area contributed by atoms with E-state index in [0.29, 0.717) is 5.92 Å². The number of allylic oxidation sites excluding steroid dienone is 2. The molecule has 2 N–H and O–H groups in total. The van der Waals surface area contributed by atoms with Crippen molar-refractivity contribution < 1.29 is 15.0 Å². The van der Waals surface area contributed by atoms with Crippen LogP contribution in [-0.4, -0.2) is 22.3 Å². The second-order valence-electron chi connectivity index (χ2n) is 7.77. The average molecular weight is 278 g/mol. The molecule has 0 aromatic heterocycles. The van der Waals surface area contributed by atoms with Crippen LogP contribution in [0.5, 0.6) is 0 Å². The highest BCUT2D eigenvalue weighted by atomic mass is 16.4. The number of fused-ring (bicyclic) bond motifs is 2. The summed E-state index contributed by atoms with van der Waals surface area (Å²) in [6.45, 7) is 4.60. The molecule has 3 heteroatoms. The van der Waals surface area contributed by atoms with Crippen molar-refractivity contribution in [2.45, 2.75) is 58.5 Å². The van der Waals surface area contributed by atoms with Gasteiger partial charge in [-0.05, 0) is 54.8 Å². The normalized spacial score (nSPS) is 44.0. The van der Waals surface area contributed by atoms with Gasteiger partial charge in [-0.1, -0.05) is 32.4 Å². The summed E-state index contributed by atoms with van der Waals surface area (Å²) < 4.78 is 0. The highest BCUT2D eigenvalue weighted by molar-refractivity contribution is 5.72. The van der Waals surface area contributed by atoms with Gasteiger partial charge in [0.1, 0.15) is 0 Å². The summed E-state index contributed by atoms with van der Waals surface area (Å²) in [5.74, 6) is -0.115. The van der Waals surface area contributed by atoms with Gasteiger partial charge in [-0.2, -0.15) is 0 Å². The van der Waals surface area contributed by atoms with E-state index in [1.165, 1.54) is 6.42 Å². The first-order valence-electron chi connectivity index (χ1n) is 7.96. The van der Waals surface area contributed by atoms with E-state index in [9.17, 15) is 15.0 Å². The van der Waals surface area contributed by atoms with E-state index in [4.69, 9.17) is 0 Å². The van der Waals surface area contributed by atoms with Gasteiger partial charge in [-0.3, -0.25) is 4.79 Å². The van der Waals surface area contributed by atoms with Crippen LogP contribution in [-0.2, 0) is 4.79 Å².